The summed E-state index contributed by atoms with van der Waals surface area (Å²) in [6.07, 6.45) is 1.79. The van der Waals surface area contributed by atoms with Crippen molar-refractivity contribution in [2.24, 2.45) is 0 Å². The molecule has 1 aliphatic carbocycles. The number of hydrogen-bond donors (Lipinski definition) is 2. The van der Waals surface area contributed by atoms with Crippen LogP contribution in [-0.4, -0.2) is 4.92 Å². The van der Waals surface area contributed by atoms with E-state index in [4.69, 9.17) is 17.3 Å². The molecule has 1 aliphatic rings. The zero-order valence-electron chi connectivity index (χ0n) is 11.2. The van der Waals surface area contributed by atoms with Crippen LogP contribution in [0, 0.1) is 10.1 Å². The molecule has 0 bridgehead atoms. The van der Waals surface area contributed by atoms with Crippen LogP contribution in [0.5, 0.6) is 0 Å². The lowest BCUT2D eigenvalue weighted by molar-refractivity contribution is -0.383. The first kappa shape index (κ1) is 13.7. The van der Waals surface area contributed by atoms with Crippen molar-refractivity contribution in [2.45, 2.75) is 18.9 Å². The van der Waals surface area contributed by atoms with Gasteiger partial charge in [-0.05, 0) is 48.2 Å². The van der Waals surface area contributed by atoms with Crippen molar-refractivity contribution in [2.75, 3.05) is 11.1 Å². The van der Waals surface area contributed by atoms with Crippen LogP contribution in [0.4, 0.5) is 17.1 Å². The number of nitro benzene ring substituents is 1. The maximum absolute atomic E-state index is 11.2. The lowest BCUT2D eigenvalue weighted by Crippen LogP contribution is -2.09. The number of hydrogen-bond acceptors (Lipinski definition) is 4. The number of nitrogens with two attached hydrogens (primary N) is 1. The number of halogens is 1. The molecule has 0 heterocycles. The number of rotatable bonds is 3. The fourth-order valence-electron chi connectivity index (χ4n) is 2.79. The van der Waals surface area contributed by atoms with Crippen LogP contribution in [0.2, 0.25) is 5.02 Å². The number of nitro groups is 1. The number of aryl methyl sites for hydroxylation is 1. The van der Waals surface area contributed by atoms with Gasteiger partial charge in [-0.15, -0.1) is 0 Å². The van der Waals surface area contributed by atoms with Crippen molar-refractivity contribution in [3.05, 3.63) is 62.7 Å². The molecule has 0 amide bonds. The van der Waals surface area contributed by atoms with Gasteiger partial charge >= 0.3 is 5.69 Å². The Balaban J connectivity index is 1.93. The van der Waals surface area contributed by atoms with E-state index in [1.807, 2.05) is 18.2 Å². The topological polar surface area (TPSA) is 81.2 Å². The molecular weight excluding hydrogens is 290 g/mol. The van der Waals surface area contributed by atoms with Gasteiger partial charge in [0.05, 0.1) is 11.0 Å². The molecule has 3 rings (SSSR count). The molecule has 0 fully saturated rings. The van der Waals surface area contributed by atoms with Gasteiger partial charge in [-0.25, -0.2) is 0 Å². The van der Waals surface area contributed by atoms with E-state index < -0.39 is 4.92 Å². The van der Waals surface area contributed by atoms with Gasteiger partial charge in [0.2, 0.25) is 0 Å². The Morgan fingerprint density at radius 3 is 2.90 bits per heavy atom. The third kappa shape index (κ3) is 2.52. The molecule has 3 N–H and O–H groups in total. The second-order valence-electron chi connectivity index (χ2n) is 5.09. The highest BCUT2D eigenvalue weighted by Gasteiger charge is 2.26. The maximum atomic E-state index is 11.2. The van der Waals surface area contributed by atoms with E-state index >= 15 is 0 Å². The van der Waals surface area contributed by atoms with Gasteiger partial charge in [0.1, 0.15) is 10.7 Å². The number of benzene rings is 2. The summed E-state index contributed by atoms with van der Waals surface area (Å²) >= 11 is 5.93. The fourth-order valence-corrected chi connectivity index (χ4v) is 3.04. The van der Waals surface area contributed by atoms with Crippen molar-refractivity contribution in [3.8, 4) is 0 Å². The monoisotopic (exact) mass is 303 g/mol. The van der Waals surface area contributed by atoms with Gasteiger partial charge in [-0.2, -0.15) is 0 Å². The second kappa shape index (κ2) is 5.26. The van der Waals surface area contributed by atoms with Crippen LogP contribution in [0.15, 0.2) is 36.4 Å². The molecule has 6 heteroatoms. The third-order valence-corrected chi connectivity index (χ3v) is 4.05. The largest absolute Gasteiger partial charge is 0.399 e. The first-order chi connectivity index (χ1) is 10.1. The first-order valence-corrected chi connectivity index (χ1v) is 7.02. The summed E-state index contributed by atoms with van der Waals surface area (Å²) in [4.78, 5) is 10.7. The van der Waals surface area contributed by atoms with Crippen molar-refractivity contribution >= 4 is 28.7 Å². The van der Waals surface area contributed by atoms with E-state index in [2.05, 4.69) is 5.32 Å². The summed E-state index contributed by atoms with van der Waals surface area (Å²) in [6, 6.07) is 10.7. The van der Waals surface area contributed by atoms with Gasteiger partial charge in [0.15, 0.2) is 0 Å². The van der Waals surface area contributed by atoms with Crippen LogP contribution < -0.4 is 11.1 Å². The Labute approximate surface area is 126 Å². The quantitative estimate of drug-likeness (QED) is 0.511. The average molecular weight is 304 g/mol. The normalized spacial score (nSPS) is 16.5. The van der Waals surface area contributed by atoms with Crippen molar-refractivity contribution in [1.29, 1.82) is 0 Å². The highest BCUT2D eigenvalue weighted by molar-refractivity contribution is 6.33. The Bertz CT molecular complexity index is 718. The number of fused-ring (bicyclic) bond motifs is 1. The van der Waals surface area contributed by atoms with Gasteiger partial charge in [0.25, 0.3) is 0 Å². The van der Waals surface area contributed by atoms with Crippen molar-refractivity contribution < 1.29 is 4.92 Å². The molecule has 21 heavy (non-hydrogen) atoms. The highest BCUT2D eigenvalue weighted by atomic mass is 35.5. The molecule has 0 spiro atoms. The number of para-hydroxylation sites is 1. The van der Waals surface area contributed by atoms with Gasteiger partial charge < -0.3 is 11.1 Å². The number of nitrogen functional groups attached to an aromatic ring is 1. The highest BCUT2D eigenvalue weighted by Crippen LogP contribution is 2.39. The predicted molar refractivity (Wildman–Crippen MR) is 83.6 cm³/mol. The zero-order chi connectivity index (χ0) is 15.0. The van der Waals surface area contributed by atoms with E-state index in [-0.39, 0.29) is 16.8 Å². The standard InChI is InChI=1S/C15H14ClN3O2/c16-12-2-1-3-14(15(12)19(20)21)18-13-7-4-9-8-10(17)5-6-11(9)13/h1-3,5-6,8,13,18H,4,7,17H2. The van der Waals surface area contributed by atoms with Gasteiger partial charge in [0, 0.05) is 5.69 Å². The summed E-state index contributed by atoms with van der Waals surface area (Å²) in [7, 11) is 0. The van der Waals surface area contributed by atoms with Crippen LogP contribution in [-0.2, 0) is 6.42 Å². The lowest BCUT2D eigenvalue weighted by Gasteiger charge is -2.16. The Morgan fingerprint density at radius 1 is 1.33 bits per heavy atom. The third-order valence-electron chi connectivity index (χ3n) is 3.74. The fraction of sp³-hybridized carbons (Fsp3) is 0.200. The lowest BCUT2D eigenvalue weighted by atomic mass is 10.1. The second-order valence-corrected chi connectivity index (χ2v) is 5.49. The summed E-state index contributed by atoms with van der Waals surface area (Å²) in [5, 5.41) is 14.6. The van der Waals surface area contributed by atoms with Crippen molar-refractivity contribution in [3.63, 3.8) is 0 Å². The van der Waals surface area contributed by atoms with Crippen molar-refractivity contribution in [1.82, 2.24) is 0 Å². The molecule has 1 atom stereocenters. The molecule has 5 nitrogen and oxygen atoms in total. The first-order valence-electron chi connectivity index (χ1n) is 6.64. The summed E-state index contributed by atoms with van der Waals surface area (Å²) in [6.45, 7) is 0. The minimum atomic E-state index is -0.455. The molecule has 0 radical (unpaired) electrons. The Morgan fingerprint density at radius 2 is 2.14 bits per heavy atom. The van der Waals surface area contributed by atoms with Gasteiger partial charge in [-0.3, -0.25) is 10.1 Å². The molecule has 2 aromatic rings. The van der Waals surface area contributed by atoms with E-state index in [0.717, 1.165) is 24.1 Å². The predicted octanol–water partition coefficient (Wildman–Crippen LogP) is 3.93. The molecule has 0 saturated heterocycles. The molecule has 0 saturated carbocycles. The molecule has 0 aromatic heterocycles. The van der Waals surface area contributed by atoms with E-state index in [1.54, 1.807) is 12.1 Å². The summed E-state index contributed by atoms with van der Waals surface area (Å²) in [5.74, 6) is 0. The Kier molecular flexibility index (Phi) is 3.43. The minimum Gasteiger partial charge on any atom is -0.399 e. The molecule has 0 aliphatic heterocycles. The zero-order valence-corrected chi connectivity index (χ0v) is 11.9. The Hall–Kier alpha value is -2.27. The van der Waals surface area contributed by atoms with Gasteiger partial charge in [-0.1, -0.05) is 23.7 Å². The summed E-state index contributed by atoms with van der Waals surface area (Å²) < 4.78 is 0. The summed E-state index contributed by atoms with van der Waals surface area (Å²) in [5.41, 5.74) is 9.22. The number of nitrogens with one attached hydrogen (secondary N) is 1. The van der Waals surface area contributed by atoms with Crippen LogP contribution in [0.25, 0.3) is 0 Å². The minimum absolute atomic E-state index is 0.0396. The van der Waals surface area contributed by atoms with E-state index in [0.29, 0.717) is 5.69 Å². The van der Waals surface area contributed by atoms with E-state index in [1.165, 1.54) is 11.6 Å². The SMILES string of the molecule is Nc1ccc2c(c1)CCC2Nc1cccc(Cl)c1[N+](=O)[O-]. The molecule has 1 unspecified atom stereocenters. The molecule has 108 valence electrons. The average Bonchev–Trinajstić information content (AvgIpc) is 2.80. The van der Waals surface area contributed by atoms with Crippen LogP contribution in [0.1, 0.15) is 23.6 Å². The van der Waals surface area contributed by atoms with Crippen LogP contribution >= 0.6 is 11.6 Å². The molecule has 2 aromatic carbocycles. The smallest absolute Gasteiger partial charge is 0.310 e. The number of nitrogens with zero attached hydrogens (tertiary/aromatic N) is 1. The maximum Gasteiger partial charge on any atom is 0.310 e. The van der Waals surface area contributed by atoms with E-state index in [9.17, 15) is 10.1 Å². The van der Waals surface area contributed by atoms with Crippen LogP contribution in [0.3, 0.4) is 0 Å². The molecular formula is C15H14ClN3O2. The number of anilines is 2.